The van der Waals surface area contributed by atoms with Gasteiger partial charge in [0.1, 0.15) is 0 Å². The van der Waals surface area contributed by atoms with Crippen molar-refractivity contribution in [1.82, 2.24) is 4.90 Å². The Morgan fingerprint density at radius 3 is 2.90 bits per heavy atom. The van der Waals surface area contributed by atoms with Crippen molar-refractivity contribution in [2.75, 3.05) is 19.7 Å². The second-order valence-corrected chi connectivity index (χ2v) is 6.25. The normalized spacial score (nSPS) is 18.5. The summed E-state index contributed by atoms with van der Waals surface area (Å²) < 4.78 is 32.7. The topological polar surface area (TPSA) is 29.5 Å². The van der Waals surface area contributed by atoms with Crippen molar-refractivity contribution in [3.63, 3.8) is 0 Å². The molecule has 1 aromatic carbocycles. The highest BCUT2D eigenvalue weighted by molar-refractivity contribution is 14.1. The fourth-order valence-corrected chi connectivity index (χ4v) is 3.24. The van der Waals surface area contributed by atoms with Crippen LogP contribution in [0.5, 0.6) is 0 Å². The quantitative estimate of drug-likeness (QED) is 0.561. The highest BCUT2D eigenvalue weighted by Crippen LogP contribution is 2.28. The molecule has 0 aliphatic carbocycles. The summed E-state index contributed by atoms with van der Waals surface area (Å²) in [4.78, 5) is 13.6. The molecule has 0 N–H and O–H groups in total. The van der Waals surface area contributed by atoms with E-state index in [1.165, 1.54) is 0 Å². The van der Waals surface area contributed by atoms with Gasteiger partial charge in [0.05, 0.1) is 18.7 Å². The van der Waals surface area contributed by atoms with Crippen molar-refractivity contribution in [2.24, 2.45) is 0 Å². The first-order valence-electron chi connectivity index (χ1n) is 6.97. The highest BCUT2D eigenvalue weighted by Gasteiger charge is 2.35. The molecule has 1 fully saturated rings. The molecule has 1 heterocycles. The van der Waals surface area contributed by atoms with Gasteiger partial charge in [-0.25, -0.2) is 13.6 Å². The first kappa shape index (κ1) is 16.6. The number of hydrogen-bond acceptors (Lipinski definition) is 3. The number of piperidine rings is 1. The van der Waals surface area contributed by atoms with Crippen LogP contribution < -0.4 is 0 Å². The summed E-state index contributed by atoms with van der Waals surface area (Å²) in [6, 6.07) is 5.34. The van der Waals surface area contributed by atoms with Gasteiger partial charge in [-0.05, 0) is 54.1 Å². The summed E-state index contributed by atoms with van der Waals surface area (Å²) in [5.41, 5.74) is 1.39. The maximum atomic E-state index is 13.4. The Morgan fingerprint density at radius 2 is 2.24 bits per heavy atom. The molecule has 0 amide bonds. The molecule has 6 heteroatoms. The van der Waals surface area contributed by atoms with Crippen molar-refractivity contribution in [2.45, 2.75) is 32.2 Å². The van der Waals surface area contributed by atoms with Crippen molar-refractivity contribution in [3.8, 4) is 0 Å². The molecule has 116 valence electrons. The molecule has 0 saturated carbocycles. The molecule has 1 aliphatic heterocycles. The number of nitrogens with zero attached hydrogens (tertiary/aromatic N) is 1. The average molecular weight is 409 g/mol. The van der Waals surface area contributed by atoms with E-state index >= 15 is 0 Å². The predicted octanol–water partition coefficient (Wildman–Crippen LogP) is 3.70. The maximum Gasteiger partial charge on any atom is 0.339 e. The lowest BCUT2D eigenvalue weighted by Gasteiger charge is -2.32. The van der Waals surface area contributed by atoms with Crippen LogP contribution in [0.25, 0.3) is 0 Å². The summed E-state index contributed by atoms with van der Waals surface area (Å²) in [7, 11) is 0. The smallest absolute Gasteiger partial charge is 0.339 e. The molecule has 2 rings (SSSR count). The van der Waals surface area contributed by atoms with Gasteiger partial charge in [0.2, 0.25) is 0 Å². The minimum absolute atomic E-state index is 0.0382. The van der Waals surface area contributed by atoms with Gasteiger partial charge in [-0.3, -0.25) is 4.90 Å². The van der Waals surface area contributed by atoms with E-state index in [9.17, 15) is 13.6 Å². The molecule has 1 aromatic rings. The minimum atomic E-state index is -2.61. The van der Waals surface area contributed by atoms with Crippen molar-refractivity contribution in [3.05, 3.63) is 32.9 Å². The van der Waals surface area contributed by atoms with E-state index in [0.717, 1.165) is 9.13 Å². The van der Waals surface area contributed by atoms with Gasteiger partial charge >= 0.3 is 5.97 Å². The van der Waals surface area contributed by atoms with E-state index in [1.807, 2.05) is 6.07 Å². The van der Waals surface area contributed by atoms with Crippen molar-refractivity contribution < 1.29 is 18.3 Å². The Balaban J connectivity index is 2.13. The zero-order valence-corrected chi connectivity index (χ0v) is 14.0. The Morgan fingerprint density at radius 1 is 1.48 bits per heavy atom. The molecule has 0 bridgehead atoms. The van der Waals surface area contributed by atoms with E-state index < -0.39 is 5.92 Å². The lowest BCUT2D eigenvalue weighted by molar-refractivity contribution is -0.0661. The third-order valence-electron chi connectivity index (χ3n) is 3.44. The monoisotopic (exact) mass is 409 g/mol. The van der Waals surface area contributed by atoms with E-state index in [-0.39, 0.29) is 18.9 Å². The summed E-state index contributed by atoms with van der Waals surface area (Å²) in [5, 5.41) is 0. The summed E-state index contributed by atoms with van der Waals surface area (Å²) in [6.07, 6.45) is 0.463. The number of hydrogen-bond donors (Lipinski definition) is 0. The van der Waals surface area contributed by atoms with Gasteiger partial charge in [-0.2, -0.15) is 0 Å². The van der Waals surface area contributed by atoms with Crippen LogP contribution in [0.2, 0.25) is 0 Å². The number of halogens is 3. The van der Waals surface area contributed by atoms with Crippen LogP contribution in [0, 0.1) is 3.57 Å². The summed E-state index contributed by atoms with van der Waals surface area (Å²) in [6.45, 7) is 2.95. The highest BCUT2D eigenvalue weighted by atomic mass is 127. The van der Waals surface area contributed by atoms with E-state index in [1.54, 1.807) is 24.0 Å². The number of ether oxygens (including phenoxy) is 1. The third-order valence-corrected chi connectivity index (χ3v) is 4.71. The van der Waals surface area contributed by atoms with Crippen molar-refractivity contribution in [1.29, 1.82) is 0 Å². The van der Waals surface area contributed by atoms with Crippen LogP contribution in [-0.2, 0) is 11.3 Å². The summed E-state index contributed by atoms with van der Waals surface area (Å²) >= 11 is 2.09. The molecule has 0 aromatic heterocycles. The SMILES string of the molecule is CCOC(=O)c1cccc(CN2CCCC(F)(F)C2)c1I. The van der Waals surface area contributed by atoms with Crippen LogP contribution in [0.3, 0.4) is 0 Å². The number of esters is 1. The van der Waals surface area contributed by atoms with Crippen LogP contribution in [0.4, 0.5) is 8.78 Å². The lowest BCUT2D eigenvalue weighted by Crippen LogP contribution is -2.42. The Labute approximate surface area is 136 Å². The van der Waals surface area contributed by atoms with E-state index in [0.29, 0.717) is 31.7 Å². The van der Waals surface area contributed by atoms with Crippen LogP contribution in [0.15, 0.2) is 18.2 Å². The number of rotatable bonds is 4. The third kappa shape index (κ3) is 4.35. The fraction of sp³-hybridized carbons (Fsp3) is 0.533. The molecule has 0 radical (unpaired) electrons. The molecular formula is C15H18F2INO2. The van der Waals surface area contributed by atoms with E-state index in [2.05, 4.69) is 22.6 Å². The molecule has 0 atom stereocenters. The molecule has 21 heavy (non-hydrogen) atoms. The van der Waals surface area contributed by atoms with Gasteiger partial charge in [-0.15, -0.1) is 0 Å². The predicted molar refractivity (Wildman–Crippen MR) is 84.6 cm³/mol. The van der Waals surface area contributed by atoms with Crippen molar-refractivity contribution >= 4 is 28.6 Å². The number of carbonyl (C=O) groups is 1. The zero-order valence-electron chi connectivity index (χ0n) is 11.9. The Bertz CT molecular complexity index is 522. The molecule has 1 aliphatic rings. The zero-order chi connectivity index (χ0) is 15.5. The largest absolute Gasteiger partial charge is 0.462 e. The number of likely N-dealkylation sites (tertiary alicyclic amines) is 1. The number of alkyl halides is 2. The average Bonchev–Trinajstić information content (AvgIpc) is 2.40. The molecule has 0 spiro atoms. The maximum absolute atomic E-state index is 13.4. The second kappa shape index (κ2) is 7.00. The van der Waals surface area contributed by atoms with E-state index in [4.69, 9.17) is 4.74 Å². The van der Waals surface area contributed by atoms with Crippen LogP contribution >= 0.6 is 22.6 Å². The Hall–Kier alpha value is -0.760. The van der Waals surface area contributed by atoms with Gasteiger partial charge in [0.15, 0.2) is 0 Å². The number of carbonyl (C=O) groups excluding carboxylic acids is 1. The second-order valence-electron chi connectivity index (χ2n) is 5.17. The minimum Gasteiger partial charge on any atom is -0.462 e. The first-order chi connectivity index (χ1) is 9.93. The molecule has 1 saturated heterocycles. The van der Waals surface area contributed by atoms with Crippen LogP contribution in [0.1, 0.15) is 35.7 Å². The summed E-state index contributed by atoms with van der Waals surface area (Å²) in [5.74, 6) is -2.98. The molecular weight excluding hydrogens is 391 g/mol. The Kier molecular flexibility index (Phi) is 5.54. The van der Waals surface area contributed by atoms with Gasteiger partial charge in [0, 0.05) is 16.5 Å². The van der Waals surface area contributed by atoms with Gasteiger partial charge in [-0.1, -0.05) is 12.1 Å². The molecule has 3 nitrogen and oxygen atoms in total. The van der Waals surface area contributed by atoms with Gasteiger partial charge < -0.3 is 4.74 Å². The lowest BCUT2D eigenvalue weighted by atomic mass is 10.1. The van der Waals surface area contributed by atoms with Gasteiger partial charge in [0.25, 0.3) is 5.92 Å². The fourth-order valence-electron chi connectivity index (χ4n) is 2.49. The first-order valence-corrected chi connectivity index (χ1v) is 8.05. The number of benzene rings is 1. The molecule has 0 unspecified atom stereocenters. The van der Waals surface area contributed by atoms with Crippen LogP contribution in [-0.4, -0.2) is 36.5 Å². The standard InChI is InChI=1S/C15H18F2INO2/c1-2-21-14(20)12-6-3-5-11(13(12)18)9-19-8-4-7-15(16,17)10-19/h3,5-6H,2,4,7-10H2,1H3.